The average molecular weight is 421 g/mol. The van der Waals surface area contributed by atoms with Crippen molar-refractivity contribution in [3.8, 4) is 11.5 Å². The van der Waals surface area contributed by atoms with E-state index in [2.05, 4.69) is 13.8 Å². The third-order valence-corrected chi connectivity index (χ3v) is 4.79. The summed E-state index contributed by atoms with van der Waals surface area (Å²) in [5, 5.41) is 0. The van der Waals surface area contributed by atoms with Crippen LogP contribution in [0.1, 0.15) is 50.7 Å². The first kappa shape index (κ1) is 26.3. The molecule has 0 N–H and O–H groups in total. The zero-order valence-electron chi connectivity index (χ0n) is 16.0. The Kier molecular flexibility index (Phi) is 13.1. The molecule has 4 nitrogen and oxygen atoms in total. The van der Waals surface area contributed by atoms with Crippen LogP contribution in [0.2, 0.25) is 0 Å². The van der Waals surface area contributed by atoms with E-state index in [0.29, 0.717) is 0 Å². The number of hydrogen-bond donors (Lipinski definition) is 0. The zero-order valence-corrected chi connectivity index (χ0v) is 19.1. The minimum atomic E-state index is -4.46. The van der Waals surface area contributed by atoms with Gasteiger partial charge < -0.3 is 26.3 Å². The van der Waals surface area contributed by atoms with Gasteiger partial charge in [0.15, 0.2) is 0 Å². The molecular weight excluding hydrogens is 395 g/mol. The Morgan fingerprint density at radius 3 is 1.41 bits per heavy atom. The van der Waals surface area contributed by atoms with Crippen molar-refractivity contribution in [2.24, 2.45) is 0 Å². The van der Waals surface area contributed by atoms with Gasteiger partial charge in [-0.3, -0.25) is 0 Å². The van der Waals surface area contributed by atoms with Crippen molar-refractivity contribution in [3.05, 3.63) is 59.7 Å². The molecule has 0 unspecified atom stereocenters. The Hall–Kier alpha value is -0.714. The summed E-state index contributed by atoms with van der Waals surface area (Å²) in [4.78, 5) is 12.1. The predicted octanol–water partition coefficient (Wildman–Crippen LogP) is 1.92. The van der Waals surface area contributed by atoms with Gasteiger partial charge in [0.05, 0.1) is 0 Å². The van der Waals surface area contributed by atoms with Crippen LogP contribution < -0.4 is 26.3 Å². The van der Waals surface area contributed by atoms with E-state index in [4.69, 9.17) is 9.05 Å². The van der Waals surface area contributed by atoms with Crippen LogP contribution >= 0.6 is 7.82 Å². The topological polar surface area (TPSA) is 58.6 Å². The molecule has 0 bridgehead atoms. The quantitative estimate of drug-likeness (QED) is 0.435. The standard InChI is InChI=1S/C20H27O4P.ClH.Mg/c1-3-5-7-17-9-13-19(14-10-17)23-25(21,22)24-20-15-11-18(12-16-20)8-6-4-2;;/h9-16H,3-8H2,1-2H3,(H,21,22);1H;/q;;+2/p-2. The van der Waals surface area contributed by atoms with Crippen LogP contribution in [0.15, 0.2) is 48.5 Å². The number of halogens is 1. The molecule has 0 amide bonds. The second-order valence-corrected chi connectivity index (χ2v) is 7.38. The summed E-state index contributed by atoms with van der Waals surface area (Å²) in [5.74, 6) is 0.524. The maximum atomic E-state index is 12.1. The third kappa shape index (κ3) is 9.86. The first-order valence-electron chi connectivity index (χ1n) is 8.90. The Morgan fingerprint density at radius 1 is 0.778 bits per heavy atom. The second kappa shape index (κ2) is 13.5. The van der Waals surface area contributed by atoms with Gasteiger partial charge in [-0.1, -0.05) is 51.0 Å². The summed E-state index contributed by atoms with van der Waals surface area (Å²) in [7, 11) is -4.46. The van der Waals surface area contributed by atoms with Gasteiger partial charge >= 0.3 is 30.9 Å². The number of benzene rings is 2. The number of aryl methyl sites for hydroxylation is 2. The molecule has 0 aliphatic rings. The van der Waals surface area contributed by atoms with E-state index >= 15 is 0 Å². The van der Waals surface area contributed by atoms with Crippen LogP contribution in [-0.2, 0) is 17.4 Å². The van der Waals surface area contributed by atoms with Gasteiger partial charge in [0, 0.05) is 0 Å². The smallest absolute Gasteiger partial charge is 1.00 e. The summed E-state index contributed by atoms with van der Waals surface area (Å²) >= 11 is 0. The fourth-order valence-corrected chi connectivity index (χ4v) is 3.27. The monoisotopic (exact) mass is 420 g/mol. The van der Waals surface area contributed by atoms with E-state index < -0.39 is 7.82 Å². The number of hydrogen-bond acceptors (Lipinski definition) is 4. The maximum Gasteiger partial charge on any atom is 2.00 e. The Balaban J connectivity index is 0.00000338. The molecule has 144 valence electrons. The molecule has 27 heavy (non-hydrogen) atoms. The van der Waals surface area contributed by atoms with Crippen molar-refractivity contribution in [1.82, 2.24) is 0 Å². The van der Waals surface area contributed by atoms with Gasteiger partial charge in [0.25, 0.3) is 0 Å². The molecule has 0 spiro atoms. The molecule has 0 aliphatic heterocycles. The van der Waals surface area contributed by atoms with Crippen LogP contribution in [0.5, 0.6) is 11.5 Å². The van der Waals surface area contributed by atoms with Gasteiger partial charge in [-0.15, -0.1) is 0 Å². The SMILES string of the molecule is CCCCc1ccc(OP(=O)([O-])Oc2ccc(CCCC)cc2)cc1.[Cl-].[Mg+2]. The van der Waals surface area contributed by atoms with Crippen molar-refractivity contribution in [3.63, 3.8) is 0 Å². The largest absolute Gasteiger partial charge is 2.00 e. The third-order valence-electron chi connectivity index (χ3n) is 3.92. The summed E-state index contributed by atoms with van der Waals surface area (Å²) in [6, 6.07) is 14.2. The molecule has 2 rings (SSSR count). The van der Waals surface area contributed by atoms with Gasteiger partial charge in [-0.2, -0.15) is 0 Å². The van der Waals surface area contributed by atoms with Crippen LogP contribution in [0.4, 0.5) is 0 Å². The van der Waals surface area contributed by atoms with Crippen LogP contribution in [0.3, 0.4) is 0 Å². The van der Waals surface area contributed by atoms with Gasteiger partial charge in [0.1, 0.15) is 11.5 Å². The molecule has 7 heteroatoms. The first-order chi connectivity index (χ1) is 12.0. The summed E-state index contributed by atoms with van der Waals surface area (Å²) < 4.78 is 22.1. The van der Waals surface area contributed by atoms with E-state index in [0.717, 1.165) is 38.5 Å². The van der Waals surface area contributed by atoms with Crippen molar-refractivity contribution >= 4 is 30.9 Å². The number of rotatable bonds is 10. The number of unbranched alkanes of at least 4 members (excludes halogenated alkanes) is 2. The minimum Gasteiger partial charge on any atom is -1.00 e. The van der Waals surface area contributed by atoms with Crippen LogP contribution in [0.25, 0.3) is 0 Å². The molecule has 0 fully saturated rings. The number of phosphoric acid groups is 1. The normalized spacial score (nSPS) is 10.5. The molecule has 0 aromatic heterocycles. The van der Waals surface area contributed by atoms with E-state index in [1.165, 1.54) is 11.1 Å². The molecule has 0 saturated heterocycles. The molecular formula is C20H26ClMgO4P. The maximum absolute atomic E-state index is 12.1. The van der Waals surface area contributed by atoms with Gasteiger partial charge in [0.2, 0.25) is 0 Å². The average Bonchev–Trinajstić information content (AvgIpc) is 2.60. The van der Waals surface area contributed by atoms with Crippen molar-refractivity contribution in [1.29, 1.82) is 0 Å². The molecule has 0 atom stereocenters. The summed E-state index contributed by atoms with van der Waals surface area (Å²) in [5.41, 5.74) is 2.33. The van der Waals surface area contributed by atoms with E-state index in [9.17, 15) is 9.46 Å². The zero-order chi connectivity index (χ0) is 18.1. The first-order valence-corrected chi connectivity index (χ1v) is 10.4. The van der Waals surface area contributed by atoms with Crippen LogP contribution in [0, 0.1) is 0 Å². The molecule has 0 radical (unpaired) electrons. The molecule has 0 aliphatic carbocycles. The van der Waals surface area contributed by atoms with Gasteiger partial charge in [-0.05, 0) is 61.1 Å². The van der Waals surface area contributed by atoms with E-state index in [-0.39, 0.29) is 47.0 Å². The van der Waals surface area contributed by atoms with Crippen LogP contribution in [-0.4, -0.2) is 23.1 Å². The summed E-state index contributed by atoms with van der Waals surface area (Å²) in [6.45, 7) is 4.28. The van der Waals surface area contributed by atoms with E-state index in [1.54, 1.807) is 24.3 Å². The fraction of sp³-hybridized carbons (Fsp3) is 0.400. The minimum absolute atomic E-state index is 0. The Bertz CT molecular complexity index is 635. The Morgan fingerprint density at radius 2 is 1.11 bits per heavy atom. The van der Waals surface area contributed by atoms with Gasteiger partial charge in [-0.25, -0.2) is 4.57 Å². The van der Waals surface area contributed by atoms with Crippen molar-refractivity contribution < 1.29 is 30.9 Å². The second-order valence-electron chi connectivity index (χ2n) is 6.12. The van der Waals surface area contributed by atoms with E-state index in [1.807, 2.05) is 24.3 Å². The van der Waals surface area contributed by atoms with Crippen molar-refractivity contribution in [2.45, 2.75) is 52.4 Å². The fourth-order valence-electron chi connectivity index (χ4n) is 2.47. The molecule has 0 heterocycles. The molecule has 2 aromatic rings. The number of phosphoric ester groups is 1. The molecule has 0 saturated carbocycles. The molecule has 2 aromatic carbocycles. The van der Waals surface area contributed by atoms with Crippen molar-refractivity contribution in [2.75, 3.05) is 0 Å². The Labute approximate surface area is 184 Å². The predicted molar refractivity (Wildman–Crippen MR) is 105 cm³/mol. The summed E-state index contributed by atoms with van der Waals surface area (Å²) in [6.07, 6.45) is 6.42.